The van der Waals surface area contributed by atoms with E-state index in [0.717, 1.165) is 49.5 Å². The predicted molar refractivity (Wildman–Crippen MR) is 116 cm³/mol. The first kappa shape index (κ1) is 21.8. The van der Waals surface area contributed by atoms with Crippen LogP contribution in [0.25, 0.3) is 0 Å². The van der Waals surface area contributed by atoms with Crippen molar-refractivity contribution < 1.29 is 14.7 Å². The average Bonchev–Trinajstić information content (AvgIpc) is 3.28. The van der Waals surface area contributed by atoms with Gasteiger partial charge in [-0.15, -0.1) is 0 Å². The number of hydrogen-bond acceptors (Lipinski definition) is 6. The summed E-state index contributed by atoms with van der Waals surface area (Å²) in [6.07, 6.45) is 3.87. The van der Waals surface area contributed by atoms with Crippen molar-refractivity contribution in [2.75, 3.05) is 24.5 Å². The highest BCUT2D eigenvalue weighted by Crippen LogP contribution is 2.31. The van der Waals surface area contributed by atoms with E-state index in [0.29, 0.717) is 34.4 Å². The van der Waals surface area contributed by atoms with Crippen molar-refractivity contribution in [3.8, 4) is 0 Å². The Hall–Kier alpha value is -1.93. The third kappa shape index (κ3) is 4.64. The van der Waals surface area contributed by atoms with Crippen molar-refractivity contribution >= 4 is 45.7 Å². The fraction of sp³-hybridized carbons (Fsp3) is 0.600. The van der Waals surface area contributed by atoms with Crippen molar-refractivity contribution in [3.63, 3.8) is 0 Å². The molecule has 0 spiro atoms. The van der Waals surface area contributed by atoms with Gasteiger partial charge in [-0.1, -0.05) is 36.8 Å². The SMILES string of the molecule is CCCN(C(=O)C1=NC(Cl)=C(CC)C1)C1CCN(c2nc(C)c(C(=O)O)s2)CC1. The van der Waals surface area contributed by atoms with Crippen LogP contribution in [-0.4, -0.2) is 58.3 Å². The molecule has 0 unspecified atom stereocenters. The predicted octanol–water partition coefficient (Wildman–Crippen LogP) is 4.06. The lowest BCUT2D eigenvalue weighted by Gasteiger charge is -2.38. The summed E-state index contributed by atoms with van der Waals surface area (Å²) in [5, 5.41) is 10.5. The summed E-state index contributed by atoms with van der Waals surface area (Å²) in [6.45, 7) is 8.01. The number of rotatable bonds is 7. The number of anilines is 1. The van der Waals surface area contributed by atoms with E-state index in [1.165, 1.54) is 11.3 Å². The average molecular weight is 439 g/mol. The molecule has 9 heteroatoms. The van der Waals surface area contributed by atoms with Crippen LogP contribution in [-0.2, 0) is 4.79 Å². The molecule has 3 rings (SSSR count). The van der Waals surface area contributed by atoms with Gasteiger partial charge in [0, 0.05) is 32.1 Å². The Kier molecular flexibility index (Phi) is 6.95. The molecule has 1 saturated heterocycles. The lowest BCUT2D eigenvalue weighted by molar-refractivity contribution is -0.126. The smallest absolute Gasteiger partial charge is 0.347 e. The van der Waals surface area contributed by atoms with E-state index in [1.807, 2.05) is 11.8 Å². The van der Waals surface area contributed by atoms with Gasteiger partial charge in [0.2, 0.25) is 0 Å². The normalized spacial score (nSPS) is 17.7. The van der Waals surface area contributed by atoms with Crippen molar-refractivity contribution in [3.05, 3.63) is 21.3 Å². The first-order valence-corrected chi connectivity index (χ1v) is 11.3. The molecule has 1 aromatic rings. The first-order chi connectivity index (χ1) is 13.8. The maximum atomic E-state index is 13.1. The van der Waals surface area contributed by atoms with Crippen LogP contribution in [0.15, 0.2) is 15.7 Å². The summed E-state index contributed by atoms with van der Waals surface area (Å²) in [7, 11) is 0. The lowest BCUT2D eigenvalue weighted by Crippen LogP contribution is -2.49. The summed E-state index contributed by atoms with van der Waals surface area (Å²) in [6, 6.07) is 0.144. The number of hydrogen-bond donors (Lipinski definition) is 1. The number of carboxylic acid groups (broad SMARTS) is 1. The highest BCUT2D eigenvalue weighted by atomic mass is 35.5. The lowest BCUT2D eigenvalue weighted by atomic mass is 10.0. The molecule has 0 aromatic carbocycles. The maximum Gasteiger partial charge on any atom is 0.347 e. The van der Waals surface area contributed by atoms with Crippen LogP contribution in [0.5, 0.6) is 0 Å². The summed E-state index contributed by atoms with van der Waals surface area (Å²) in [5.74, 6) is -0.943. The number of aryl methyl sites for hydroxylation is 1. The number of carbonyl (C=O) groups is 2. The Morgan fingerprint density at radius 2 is 2.00 bits per heavy atom. The largest absolute Gasteiger partial charge is 0.477 e. The monoisotopic (exact) mass is 438 g/mol. The molecule has 158 valence electrons. The van der Waals surface area contributed by atoms with Gasteiger partial charge in [-0.25, -0.2) is 14.8 Å². The van der Waals surface area contributed by atoms with E-state index in [1.54, 1.807) is 6.92 Å². The molecular weight excluding hydrogens is 412 g/mol. The van der Waals surface area contributed by atoms with Gasteiger partial charge < -0.3 is 14.9 Å². The van der Waals surface area contributed by atoms with Gasteiger partial charge in [0.15, 0.2) is 5.13 Å². The number of thiazole rings is 1. The Bertz CT molecular complexity index is 856. The molecule has 0 radical (unpaired) electrons. The van der Waals surface area contributed by atoms with Crippen molar-refractivity contribution in [2.45, 2.75) is 58.9 Å². The van der Waals surface area contributed by atoms with Gasteiger partial charge in [0.25, 0.3) is 5.91 Å². The molecule has 0 saturated carbocycles. The van der Waals surface area contributed by atoms with Crippen LogP contribution in [0.3, 0.4) is 0 Å². The number of aromatic carboxylic acids is 1. The number of nitrogens with zero attached hydrogens (tertiary/aromatic N) is 4. The third-order valence-corrected chi connectivity index (χ3v) is 7.02. The number of carboxylic acids is 1. The number of halogens is 1. The summed E-state index contributed by atoms with van der Waals surface area (Å²) >= 11 is 7.39. The molecular formula is C20H27ClN4O3S. The van der Waals surface area contributed by atoms with Gasteiger partial charge in [-0.2, -0.15) is 0 Å². The minimum absolute atomic E-state index is 0.00911. The molecule has 0 atom stereocenters. The van der Waals surface area contributed by atoms with E-state index >= 15 is 0 Å². The molecule has 7 nitrogen and oxygen atoms in total. The zero-order valence-corrected chi connectivity index (χ0v) is 18.6. The molecule has 2 aliphatic rings. The minimum atomic E-state index is -0.933. The van der Waals surface area contributed by atoms with Crippen molar-refractivity contribution in [2.24, 2.45) is 4.99 Å². The number of piperidine rings is 1. The second-order valence-electron chi connectivity index (χ2n) is 7.42. The molecule has 1 amide bonds. The van der Waals surface area contributed by atoms with E-state index in [2.05, 4.69) is 21.8 Å². The minimum Gasteiger partial charge on any atom is -0.477 e. The van der Waals surface area contributed by atoms with Crippen LogP contribution in [0.2, 0.25) is 0 Å². The summed E-state index contributed by atoms with van der Waals surface area (Å²) in [5.41, 5.74) is 2.12. The molecule has 0 aliphatic carbocycles. The number of amides is 1. The van der Waals surface area contributed by atoms with E-state index < -0.39 is 5.97 Å². The molecule has 1 aromatic heterocycles. The zero-order chi connectivity index (χ0) is 21.1. The van der Waals surface area contributed by atoms with Gasteiger partial charge >= 0.3 is 5.97 Å². The van der Waals surface area contributed by atoms with E-state index in [4.69, 9.17) is 11.6 Å². The second kappa shape index (κ2) is 9.26. The van der Waals surface area contributed by atoms with Crippen molar-refractivity contribution in [1.29, 1.82) is 0 Å². The topological polar surface area (TPSA) is 86.1 Å². The molecule has 0 bridgehead atoms. The third-order valence-electron chi connectivity index (χ3n) is 5.46. The molecule has 29 heavy (non-hydrogen) atoms. The van der Waals surface area contributed by atoms with Crippen molar-refractivity contribution in [1.82, 2.24) is 9.88 Å². The van der Waals surface area contributed by atoms with Crippen LogP contribution in [0, 0.1) is 6.92 Å². The van der Waals surface area contributed by atoms with Gasteiger partial charge in [0.1, 0.15) is 15.7 Å². The quantitative estimate of drug-likeness (QED) is 0.648. The standard InChI is InChI=1S/C20H27ClN4O3S/c1-4-8-25(18(26)15-11-13(5-2)17(21)23-15)14-6-9-24(10-7-14)20-22-12(3)16(29-20)19(27)28/h14H,4-11H2,1-3H3,(H,27,28). The highest BCUT2D eigenvalue weighted by molar-refractivity contribution is 7.17. The summed E-state index contributed by atoms with van der Waals surface area (Å²) < 4.78 is 0. The molecule has 3 heterocycles. The zero-order valence-electron chi connectivity index (χ0n) is 17.1. The molecule has 2 aliphatic heterocycles. The number of allylic oxidation sites excluding steroid dienone is 1. The Morgan fingerprint density at radius 3 is 2.52 bits per heavy atom. The fourth-order valence-electron chi connectivity index (χ4n) is 3.85. The van der Waals surface area contributed by atoms with Gasteiger partial charge in [-0.3, -0.25) is 4.79 Å². The van der Waals surface area contributed by atoms with E-state index in [-0.39, 0.29) is 11.9 Å². The Balaban J connectivity index is 1.66. The molecule has 1 fully saturated rings. The first-order valence-electron chi connectivity index (χ1n) is 10.1. The number of aromatic nitrogens is 1. The van der Waals surface area contributed by atoms with E-state index in [9.17, 15) is 14.7 Å². The van der Waals surface area contributed by atoms with Crippen LogP contribution in [0.4, 0.5) is 5.13 Å². The van der Waals surface area contributed by atoms with Crippen LogP contribution >= 0.6 is 22.9 Å². The summed E-state index contributed by atoms with van der Waals surface area (Å²) in [4.78, 5) is 37.5. The van der Waals surface area contributed by atoms with Crippen LogP contribution < -0.4 is 4.90 Å². The van der Waals surface area contributed by atoms with Crippen LogP contribution in [0.1, 0.15) is 61.3 Å². The Morgan fingerprint density at radius 1 is 1.31 bits per heavy atom. The second-order valence-corrected chi connectivity index (χ2v) is 8.75. The molecule has 1 N–H and O–H groups in total. The fourth-order valence-corrected chi connectivity index (χ4v) is 5.11. The van der Waals surface area contributed by atoms with Gasteiger partial charge in [-0.05, 0) is 38.2 Å². The number of carbonyl (C=O) groups excluding carboxylic acids is 1. The maximum absolute atomic E-state index is 13.1. The number of aliphatic imine (C=N–C) groups is 1. The Labute approximate surface area is 180 Å². The highest BCUT2D eigenvalue weighted by Gasteiger charge is 2.32. The van der Waals surface area contributed by atoms with Gasteiger partial charge in [0.05, 0.1) is 5.69 Å².